The number of fused-ring (bicyclic) bond motifs is 4. The molecule has 5 rings (SSSR count). The first-order chi connectivity index (χ1) is 22.5. The maximum Gasteiger partial charge on any atom is 0.141 e. The van der Waals surface area contributed by atoms with E-state index in [0.717, 1.165) is 61.5 Å². The molecule has 0 aliphatic carbocycles. The predicted octanol–water partition coefficient (Wildman–Crippen LogP) is 14.7. The van der Waals surface area contributed by atoms with E-state index in [1.807, 2.05) is 11.3 Å². The summed E-state index contributed by atoms with van der Waals surface area (Å²) in [6.07, 6.45) is 12.3. The first-order valence-electron chi connectivity index (χ1n) is 17.7. The molecule has 2 atom stereocenters. The summed E-state index contributed by atoms with van der Waals surface area (Å²) in [5.74, 6) is 4.93. The molecule has 0 bridgehead atoms. The number of rotatable bonds is 18. The molecular formula is C39H53BrN2OS4. The second-order valence-corrected chi connectivity index (χ2v) is 20.0. The second-order valence-electron chi connectivity index (χ2n) is 14.6. The Hall–Kier alpha value is -1.19. The van der Waals surface area contributed by atoms with Crippen LogP contribution in [0.25, 0.3) is 36.1 Å². The number of nitrogens with zero attached hydrogens (tertiary/aromatic N) is 2. The normalized spacial score (nSPS) is 17.2. The summed E-state index contributed by atoms with van der Waals surface area (Å²) in [5, 5.41) is 0. The van der Waals surface area contributed by atoms with E-state index >= 15 is 0 Å². The van der Waals surface area contributed by atoms with E-state index in [9.17, 15) is 0 Å². The molecule has 3 nitrogen and oxygen atoms in total. The zero-order valence-electron chi connectivity index (χ0n) is 29.4. The fraction of sp³-hybridized carbons (Fsp3) is 0.590. The molecule has 3 aromatic heterocycles. The molecule has 256 valence electrons. The fourth-order valence-electron chi connectivity index (χ4n) is 6.91. The lowest BCUT2D eigenvalue weighted by molar-refractivity contribution is 0.0323. The Morgan fingerprint density at radius 3 is 2.11 bits per heavy atom. The van der Waals surface area contributed by atoms with Gasteiger partial charge in [0.05, 0.1) is 25.3 Å². The maximum absolute atomic E-state index is 7.30. The van der Waals surface area contributed by atoms with Crippen molar-refractivity contribution >= 4 is 78.0 Å². The van der Waals surface area contributed by atoms with Gasteiger partial charge < -0.3 is 4.74 Å². The molecule has 8 heteroatoms. The Balaban J connectivity index is 1.53. The number of hydrogen-bond acceptors (Lipinski definition) is 7. The Morgan fingerprint density at radius 2 is 1.49 bits per heavy atom. The van der Waals surface area contributed by atoms with Crippen LogP contribution < -0.4 is 4.74 Å². The van der Waals surface area contributed by atoms with E-state index in [1.54, 1.807) is 23.1 Å². The minimum absolute atomic E-state index is 0.332. The number of thiophene rings is 2. The molecule has 1 aliphatic rings. The highest BCUT2D eigenvalue weighted by molar-refractivity contribution is 9.11. The van der Waals surface area contributed by atoms with Gasteiger partial charge in [-0.05, 0) is 77.1 Å². The summed E-state index contributed by atoms with van der Waals surface area (Å²) in [4.78, 5) is 4.95. The molecule has 0 N–H and O–H groups in total. The second kappa shape index (κ2) is 16.7. The van der Waals surface area contributed by atoms with Crippen molar-refractivity contribution in [3.8, 4) is 25.9 Å². The number of halogens is 1. The number of hydrogen-bond donors (Lipinski definition) is 0. The first-order valence-corrected chi connectivity index (χ1v) is 21.9. The summed E-state index contributed by atoms with van der Waals surface area (Å²) in [6.45, 7) is 20.8. The number of ether oxygens (including phenoxy) is 1. The Kier molecular flexibility index (Phi) is 13.2. The van der Waals surface area contributed by atoms with Gasteiger partial charge in [0.15, 0.2) is 0 Å². The van der Waals surface area contributed by atoms with Crippen molar-refractivity contribution < 1.29 is 4.74 Å². The Bertz CT molecular complexity index is 1610. The van der Waals surface area contributed by atoms with E-state index in [2.05, 4.69) is 95.2 Å². The number of aromatic nitrogens is 2. The molecule has 0 saturated heterocycles. The summed E-state index contributed by atoms with van der Waals surface area (Å²) >= 11 is 10.6. The lowest BCUT2D eigenvalue weighted by Gasteiger charge is -2.39. The molecule has 1 aliphatic heterocycles. The number of benzene rings is 1. The van der Waals surface area contributed by atoms with Gasteiger partial charge in [0.2, 0.25) is 0 Å². The molecule has 4 aromatic rings. The Labute approximate surface area is 308 Å². The van der Waals surface area contributed by atoms with Crippen LogP contribution in [0.2, 0.25) is 0 Å². The Morgan fingerprint density at radius 1 is 0.851 bits per heavy atom. The zero-order valence-corrected chi connectivity index (χ0v) is 34.3. The minimum atomic E-state index is -0.332. The van der Waals surface area contributed by atoms with Crippen LogP contribution in [0.3, 0.4) is 0 Å². The van der Waals surface area contributed by atoms with Crippen LogP contribution in [0, 0.1) is 23.7 Å². The van der Waals surface area contributed by atoms with Crippen molar-refractivity contribution in [2.75, 3.05) is 5.75 Å². The summed E-state index contributed by atoms with van der Waals surface area (Å²) in [6, 6.07) is 9.13. The van der Waals surface area contributed by atoms with Crippen molar-refractivity contribution in [2.45, 2.75) is 118 Å². The molecule has 2 unspecified atom stereocenters. The van der Waals surface area contributed by atoms with E-state index in [4.69, 9.17) is 13.5 Å². The van der Waals surface area contributed by atoms with Crippen LogP contribution >= 0.6 is 62.1 Å². The largest absolute Gasteiger partial charge is 0.481 e. The fourth-order valence-corrected chi connectivity index (χ4v) is 11.1. The standard InChI is InChI=1S/C39H53BrN2OS4/c1-9-44-28(8)29-16-17-30(36-35(29)41-47-42-36)33-22-31-37(45-33)38-32(23-34(40)46-38)43-39(31,20-18-26(6)14-10-12-24(2)3)21-19-27(7)15-11-13-25(4)5/h16-17,22-27H,8-15,18-21H2,1-7H3. The van der Waals surface area contributed by atoms with Gasteiger partial charge in [0.25, 0.3) is 0 Å². The molecule has 47 heavy (non-hydrogen) atoms. The molecule has 0 fully saturated rings. The average molecular weight is 774 g/mol. The smallest absolute Gasteiger partial charge is 0.141 e. The van der Waals surface area contributed by atoms with E-state index in [0.29, 0.717) is 11.8 Å². The van der Waals surface area contributed by atoms with Gasteiger partial charge in [-0.2, -0.15) is 8.75 Å². The third kappa shape index (κ3) is 8.95. The van der Waals surface area contributed by atoms with Crippen LogP contribution in [0.4, 0.5) is 0 Å². The SMILES string of the molecule is C=C(SCC)c1ccc(-c2cc3c(s2)-c2sc(Br)cc2OC3(CCC(C)CCCC(C)C)CCC(C)CCCC(C)C)c2nsnc12. The van der Waals surface area contributed by atoms with E-state index in [1.165, 1.54) is 88.9 Å². The third-order valence-corrected chi connectivity index (χ3v) is 14.1. The molecule has 0 saturated carbocycles. The van der Waals surface area contributed by atoms with Gasteiger partial charge in [-0.1, -0.05) is 106 Å². The first kappa shape index (κ1) is 37.1. The van der Waals surface area contributed by atoms with Crippen LogP contribution in [-0.4, -0.2) is 14.5 Å². The van der Waals surface area contributed by atoms with Crippen molar-refractivity contribution in [3.05, 3.63) is 45.8 Å². The zero-order chi connectivity index (χ0) is 33.7. The maximum atomic E-state index is 7.30. The van der Waals surface area contributed by atoms with Crippen LogP contribution in [0.5, 0.6) is 5.75 Å². The van der Waals surface area contributed by atoms with Gasteiger partial charge >= 0.3 is 0 Å². The highest BCUT2D eigenvalue weighted by Crippen LogP contribution is 2.58. The van der Waals surface area contributed by atoms with Crippen LogP contribution in [0.15, 0.2) is 34.6 Å². The van der Waals surface area contributed by atoms with Gasteiger partial charge in [-0.3, -0.25) is 0 Å². The summed E-state index contributed by atoms with van der Waals surface area (Å²) < 4.78 is 18.0. The summed E-state index contributed by atoms with van der Waals surface area (Å²) in [5.41, 5.74) is 5.28. The number of thioether (sulfide) groups is 1. The molecule has 1 aromatic carbocycles. The molecule has 0 spiro atoms. The van der Waals surface area contributed by atoms with Gasteiger partial charge in [-0.15, -0.1) is 34.4 Å². The summed E-state index contributed by atoms with van der Waals surface area (Å²) in [7, 11) is 0. The van der Waals surface area contributed by atoms with Gasteiger partial charge in [0, 0.05) is 32.5 Å². The highest BCUT2D eigenvalue weighted by atomic mass is 79.9. The average Bonchev–Trinajstić information content (AvgIpc) is 3.76. The van der Waals surface area contributed by atoms with Crippen molar-refractivity contribution in [1.29, 1.82) is 0 Å². The highest BCUT2D eigenvalue weighted by Gasteiger charge is 2.43. The van der Waals surface area contributed by atoms with Gasteiger partial charge in [-0.25, -0.2) is 0 Å². The van der Waals surface area contributed by atoms with Crippen molar-refractivity contribution in [3.63, 3.8) is 0 Å². The molecule has 4 heterocycles. The van der Waals surface area contributed by atoms with Crippen molar-refractivity contribution in [1.82, 2.24) is 8.75 Å². The van der Waals surface area contributed by atoms with E-state index in [-0.39, 0.29) is 5.60 Å². The lowest BCUT2D eigenvalue weighted by Crippen LogP contribution is -2.36. The van der Waals surface area contributed by atoms with Crippen LogP contribution in [-0.2, 0) is 5.60 Å². The van der Waals surface area contributed by atoms with Crippen molar-refractivity contribution in [2.24, 2.45) is 23.7 Å². The monoisotopic (exact) mass is 772 g/mol. The molecular weight excluding hydrogens is 721 g/mol. The van der Waals surface area contributed by atoms with E-state index < -0.39 is 0 Å². The minimum Gasteiger partial charge on any atom is -0.481 e. The third-order valence-electron chi connectivity index (χ3n) is 9.74. The van der Waals surface area contributed by atoms with Gasteiger partial charge in [0.1, 0.15) is 22.4 Å². The molecule has 0 radical (unpaired) electrons. The molecule has 0 amide bonds. The predicted molar refractivity (Wildman–Crippen MR) is 215 cm³/mol. The quantitative estimate of drug-likeness (QED) is 0.101. The van der Waals surface area contributed by atoms with Crippen LogP contribution in [0.1, 0.15) is 124 Å². The lowest BCUT2D eigenvalue weighted by atomic mass is 9.78. The topological polar surface area (TPSA) is 35.0 Å².